The second kappa shape index (κ2) is 6.14. The zero-order chi connectivity index (χ0) is 18.4. The van der Waals surface area contributed by atoms with Crippen molar-refractivity contribution < 1.29 is 9.47 Å². The lowest BCUT2D eigenvalue weighted by atomic mass is 10.1. The number of hydrogen-bond donors (Lipinski definition) is 0. The number of thiazole rings is 1. The van der Waals surface area contributed by atoms with Gasteiger partial charge in [-0.3, -0.25) is 4.79 Å². The van der Waals surface area contributed by atoms with Gasteiger partial charge in [0.25, 0.3) is 5.56 Å². The number of benzene rings is 2. The minimum absolute atomic E-state index is 0.0578. The first-order valence-corrected chi connectivity index (χ1v) is 8.99. The van der Waals surface area contributed by atoms with Gasteiger partial charge in [0, 0.05) is 6.07 Å². The third kappa shape index (κ3) is 2.63. The van der Waals surface area contributed by atoms with Crippen LogP contribution in [0.15, 0.2) is 35.1 Å². The van der Waals surface area contributed by atoms with E-state index in [1.807, 2.05) is 37.3 Å². The fraction of sp³-hybridized carbons (Fsp3) is 0.200. The van der Waals surface area contributed by atoms with Crippen LogP contribution in [0.5, 0.6) is 11.5 Å². The van der Waals surface area contributed by atoms with Crippen molar-refractivity contribution in [1.29, 1.82) is 0 Å². The summed E-state index contributed by atoms with van der Waals surface area (Å²) in [7, 11) is 3.21. The fourth-order valence-electron chi connectivity index (χ4n) is 2.98. The number of methoxy groups -OCH3 is 2. The van der Waals surface area contributed by atoms with Crippen molar-refractivity contribution in [3.8, 4) is 11.5 Å². The van der Waals surface area contributed by atoms with Gasteiger partial charge in [0.1, 0.15) is 11.5 Å². The molecule has 0 saturated carbocycles. The molecular formula is C20H18N2O3S. The molecule has 0 aliphatic heterocycles. The van der Waals surface area contributed by atoms with Crippen LogP contribution in [0, 0.1) is 13.8 Å². The number of rotatable bonds is 3. The van der Waals surface area contributed by atoms with E-state index in [4.69, 9.17) is 9.47 Å². The average molecular weight is 366 g/mol. The van der Waals surface area contributed by atoms with Crippen molar-refractivity contribution in [3.05, 3.63) is 61.9 Å². The fourth-order valence-corrected chi connectivity index (χ4v) is 3.97. The summed E-state index contributed by atoms with van der Waals surface area (Å²) in [6.45, 7) is 4.09. The Labute approximate surface area is 154 Å². The molecule has 6 heteroatoms. The van der Waals surface area contributed by atoms with Gasteiger partial charge in [-0.15, -0.1) is 0 Å². The molecule has 0 bridgehead atoms. The average Bonchev–Trinajstić information content (AvgIpc) is 3.11. The number of hydrogen-bond acceptors (Lipinski definition) is 5. The maximum absolute atomic E-state index is 13.0. The Balaban J connectivity index is 1.95. The molecule has 0 amide bonds. The van der Waals surface area contributed by atoms with Crippen LogP contribution in [-0.4, -0.2) is 23.6 Å². The molecule has 2 aromatic carbocycles. The molecule has 2 heterocycles. The van der Waals surface area contributed by atoms with E-state index in [2.05, 4.69) is 11.9 Å². The second-order valence-corrected chi connectivity index (χ2v) is 7.23. The van der Waals surface area contributed by atoms with Gasteiger partial charge in [0.15, 0.2) is 4.96 Å². The molecule has 0 aliphatic carbocycles. The Kier molecular flexibility index (Phi) is 3.92. The molecule has 4 aromatic rings. The number of imidazole rings is 1. The van der Waals surface area contributed by atoms with E-state index in [0.29, 0.717) is 21.0 Å². The van der Waals surface area contributed by atoms with Crippen molar-refractivity contribution >= 4 is 33.4 Å². The maximum atomic E-state index is 13.0. The van der Waals surface area contributed by atoms with E-state index in [-0.39, 0.29) is 5.56 Å². The number of fused-ring (bicyclic) bond motifs is 3. The lowest BCUT2D eigenvalue weighted by Gasteiger charge is -2.05. The predicted octanol–water partition coefficient (Wildman–Crippen LogP) is 3.09. The van der Waals surface area contributed by atoms with Gasteiger partial charge >= 0.3 is 0 Å². The molecule has 2 aromatic heterocycles. The van der Waals surface area contributed by atoms with Crippen molar-refractivity contribution in [2.24, 2.45) is 0 Å². The van der Waals surface area contributed by atoms with E-state index in [1.54, 1.807) is 24.7 Å². The number of aryl methyl sites for hydroxylation is 2. The molecule has 0 radical (unpaired) electrons. The van der Waals surface area contributed by atoms with Crippen LogP contribution in [0.3, 0.4) is 0 Å². The van der Waals surface area contributed by atoms with Crippen LogP contribution < -0.4 is 19.6 Å². The van der Waals surface area contributed by atoms with Crippen molar-refractivity contribution in [3.63, 3.8) is 0 Å². The third-order valence-electron chi connectivity index (χ3n) is 4.53. The summed E-state index contributed by atoms with van der Waals surface area (Å²) < 4.78 is 12.9. The number of aromatic nitrogens is 2. The molecule has 0 N–H and O–H groups in total. The summed E-state index contributed by atoms with van der Waals surface area (Å²) in [6, 6.07) is 9.60. The van der Waals surface area contributed by atoms with Crippen LogP contribution in [-0.2, 0) is 0 Å². The predicted molar refractivity (Wildman–Crippen MR) is 105 cm³/mol. The zero-order valence-electron chi connectivity index (χ0n) is 15.0. The topological polar surface area (TPSA) is 52.8 Å². The highest BCUT2D eigenvalue weighted by molar-refractivity contribution is 7.15. The maximum Gasteiger partial charge on any atom is 0.274 e. The highest BCUT2D eigenvalue weighted by atomic mass is 32.1. The molecule has 0 atom stereocenters. The molecule has 26 heavy (non-hydrogen) atoms. The monoisotopic (exact) mass is 366 g/mol. The van der Waals surface area contributed by atoms with Gasteiger partial charge in [0.2, 0.25) is 0 Å². The molecule has 0 fully saturated rings. The highest BCUT2D eigenvalue weighted by Crippen LogP contribution is 2.23. The summed E-state index contributed by atoms with van der Waals surface area (Å²) >= 11 is 1.39. The van der Waals surface area contributed by atoms with E-state index < -0.39 is 0 Å². The third-order valence-corrected chi connectivity index (χ3v) is 5.49. The molecule has 132 valence electrons. The lowest BCUT2D eigenvalue weighted by molar-refractivity contribution is 0.394. The summed E-state index contributed by atoms with van der Waals surface area (Å²) in [6.07, 6.45) is 1.85. The molecule has 0 spiro atoms. The Morgan fingerprint density at radius 2 is 1.65 bits per heavy atom. The van der Waals surface area contributed by atoms with E-state index >= 15 is 0 Å². The van der Waals surface area contributed by atoms with Crippen LogP contribution >= 0.6 is 11.3 Å². The SMILES string of the molecule is COc1cc(/C=c2\sc3nc4cc(C)c(C)cc4n3c2=O)cc(OC)c1. The molecule has 0 unspecified atom stereocenters. The van der Waals surface area contributed by atoms with Crippen molar-refractivity contribution in [1.82, 2.24) is 9.38 Å². The van der Waals surface area contributed by atoms with Gasteiger partial charge < -0.3 is 9.47 Å². The number of ether oxygens (including phenoxy) is 2. The van der Waals surface area contributed by atoms with E-state index in [9.17, 15) is 4.79 Å². The Morgan fingerprint density at radius 3 is 2.31 bits per heavy atom. The van der Waals surface area contributed by atoms with Crippen LogP contribution in [0.25, 0.3) is 22.1 Å². The minimum Gasteiger partial charge on any atom is -0.497 e. The van der Waals surface area contributed by atoms with Crippen molar-refractivity contribution in [2.45, 2.75) is 13.8 Å². The highest BCUT2D eigenvalue weighted by Gasteiger charge is 2.12. The largest absolute Gasteiger partial charge is 0.497 e. The second-order valence-electron chi connectivity index (χ2n) is 6.22. The molecule has 5 nitrogen and oxygen atoms in total. The first-order valence-electron chi connectivity index (χ1n) is 8.17. The van der Waals surface area contributed by atoms with E-state index in [1.165, 1.54) is 16.9 Å². The molecule has 4 rings (SSSR count). The smallest absolute Gasteiger partial charge is 0.274 e. The first kappa shape index (κ1) is 16.6. The molecular weight excluding hydrogens is 348 g/mol. The van der Waals surface area contributed by atoms with Gasteiger partial charge in [-0.2, -0.15) is 0 Å². The van der Waals surface area contributed by atoms with Gasteiger partial charge in [-0.05, 0) is 60.9 Å². The summed E-state index contributed by atoms with van der Waals surface area (Å²) in [4.78, 5) is 18.3. The van der Waals surface area contributed by atoms with Crippen molar-refractivity contribution in [2.75, 3.05) is 14.2 Å². The zero-order valence-corrected chi connectivity index (χ0v) is 15.8. The van der Waals surface area contributed by atoms with Gasteiger partial charge in [0.05, 0.1) is 29.8 Å². The molecule has 0 saturated heterocycles. The summed E-state index contributed by atoms with van der Waals surface area (Å²) in [5.74, 6) is 1.36. The summed E-state index contributed by atoms with van der Waals surface area (Å²) in [5.41, 5.74) is 4.81. The number of nitrogens with zero attached hydrogens (tertiary/aromatic N) is 2. The van der Waals surface area contributed by atoms with Crippen LogP contribution in [0.4, 0.5) is 0 Å². The Bertz CT molecular complexity index is 1230. The van der Waals surface area contributed by atoms with Crippen LogP contribution in [0.1, 0.15) is 16.7 Å². The quantitative estimate of drug-likeness (QED) is 0.559. The van der Waals surface area contributed by atoms with Gasteiger partial charge in [-0.25, -0.2) is 9.38 Å². The lowest BCUT2D eigenvalue weighted by Crippen LogP contribution is -2.22. The standard InChI is InChI=1S/C20H18N2O3S/c1-11-5-16-17(6-12(11)2)22-19(23)18(26-20(22)21-16)9-13-7-14(24-3)10-15(8-13)25-4/h5-10H,1-4H3/b18-9-. The minimum atomic E-state index is -0.0578. The normalized spacial score (nSPS) is 12.2. The van der Waals surface area contributed by atoms with Crippen LogP contribution in [0.2, 0.25) is 0 Å². The Hall–Kier alpha value is -2.86. The first-order chi connectivity index (χ1) is 12.5. The Morgan fingerprint density at radius 1 is 1.00 bits per heavy atom. The molecule has 0 aliphatic rings. The van der Waals surface area contributed by atoms with Gasteiger partial charge in [-0.1, -0.05) is 11.3 Å². The van der Waals surface area contributed by atoms with E-state index in [0.717, 1.165) is 22.2 Å². The summed E-state index contributed by atoms with van der Waals surface area (Å²) in [5, 5.41) is 0.